The van der Waals surface area contributed by atoms with Crippen LogP contribution in [0.15, 0.2) is 0 Å². The lowest BCUT2D eigenvalue weighted by Crippen LogP contribution is -2.26. The molecule has 1 fully saturated rings. The van der Waals surface area contributed by atoms with Crippen molar-refractivity contribution < 1.29 is 38.1 Å². The second-order valence-electron chi connectivity index (χ2n) is 15.1. The topological polar surface area (TPSA) is 97.4 Å². The summed E-state index contributed by atoms with van der Waals surface area (Å²) in [4.78, 5) is 36.3. The minimum Gasteiger partial charge on any atom is -0.465 e. The van der Waals surface area contributed by atoms with Crippen LogP contribution in [-0.2, 0) is 38.1 Å². The van der Waals surface area contributed by atoms with Crippen LogP contribution in [0.1, 0.15) is 175 Å². The van der Waals surface area contributed by atoms with E-state index in [2.05, 4.69) is 27.7 Å². The third-order valence-electron chi connectivity index (χ3n) is 8.91. The largest absolute Gasteiger partial charge is 0.465 e. The first kappa shape index (κ1) is 46.7. The van der Waals surface area contributed by atoms with Gasteiger partial charge in [0.25, 0.3) is 0 Å². The van der Waals surface area contributed by atoms with Crippen LogP contribution in [0.3, 0.4) is 0 Å². The van der Waals surface area contributed by atoms with E-state index >= 15 is 0 Å². The van der Waals surface area contributed by atoms with Gasteiger partial charge in [-0.15, -0.1) is 0 Å². The first-order valence-electron chi connectivity index (χ1n) is 20.6. The van der Waals surface area contributed by atoms with Crippen LogP contribution in [0.2, 0.25) is 0 Å². The monoisotopic (exact) mass is 729 g/mol. The van der Waals surface area contributed by atoms with E-state index in [1.54, 1.807) is 0 Å². The molecule has 1 saturated heterocycles. The van der Waals surface area contributed by atoms with Crippen LogP contribution in [0.5, 0.6) is 0 Å². The lowest BCUT2D eigenvalue weighted by molar-refractivity contribution is -0.151. The maximum atomic E-state index is 12.9. The highest BCUT2D eigenvalue weighted by atomic mass is 32.2. The van der Waals surface area contributed by atoms with Gasteiger partial charge >= 0.3 is 17.9 Å². The Hall–Kier alpha value is -1.32. The molecular formula is C41H76O8S. The number of carbonyl (C=O) groups is 3. The standard InChI is InChI=1S/C41H76O8S/c1-35(2)32-48-38(42)25-21-17-13-9-5-7-11-15-19-23-27-47-41(44)37(31-40-45-28-29-46-40)34-50-30-24-20-16-12-8-6-10-14-18-22-26-39(43)49-33-36(3)4/h35-37,40H,5-34H2,1-4H3. The van der Waals surface area contributed by atoms with Crippen molar-refractivity contribution in [2.24, 2.45) is 17.8 Å². The number of hydrogen-bond acceptors (Lipinski definition) is 9. The first-order chi connectivity index (χ1) is 24.3. The number of thioether (sulfide) groups is 1. The van der Waals surface area contributed by atoms with Gasteiger partial charge in [0, 0.05) is 25.0 Å². The summed E-state index contributed by atoms with van der Waals surface area (Å²) in [5, 5.41) is 0. The Kier molecular flexibility index (Phi) is 31.3. The quantitative estimate of drug-likeness (QED) is 0.0359. The molecule has 1 atom stereocenters. The van der Waals surface area contributed by atoms with Gasteiger partial charge in [0.05, 0.1) is 39.0 Å². The van der Waals surface area contributed by atoms with Crippen molar-refractivity contribution in [2.75, 3.05) is 44.5 Å². The third kappa shape index (κ3) is 30.3. The fourth-order valence-corrected chi connectivity index (χ4v) is 6.99. The molecule has 9 heteroatoms. The van der Waals surface area contributed by atoms with Gasteiger partial charge in [0.15, 0.2) is 6.29 Å². The average Bonchev–Trinajstić information content (AvgIpc) is 3.61. The highest BCUT2D eigenvalue weighted by molar-refractivity contribution is 7.99. The molecule has 1 aliphatic heterocycles. The van der Waals surface area contributed by atoms with Crippen LogP contribution in [-0.4, -0.2) is 68.7 Å². The molecule has 0 aromatic rings. The van der Waals surface area contributed by atoms with Gasteiger partial charge in [-0.3, -0.25) is 14.4 Å². The molecule has 0 bridgehead atoms. The van der Waals surface area contributed by atoms with Crippen LogP contribution in [0, 0.1) is 17.8 Å². The predicted octanol–water partition coefficient (Wildman–Crippen LogP) is 10.6. The molecule has 0 amide bonds. The Morgan fingerprint density at radius 3 is 1.40 bits per heavy atom. The van der Waals surface area contributed by atoms with Gasteiger partial charge in [-0.25, -0.2) is 0 Å². The zero-order chi connectivity index (χ0) is 36.5. The minimum absolute atomic E-state index is 0.0494. The SMILES string of the molecule is CC(C)COC(=O)CCCCCCCCCCCCOC(=O)C(CSCCCCCCCCCCCCC(=O)OCC(C)C)CC1OCCO1. The van der Waals surface area contributed by atoms with Gasteiger partial charge in [0.1, 0.15) is 0 Å². The molecule has 1 rings (SSSR count). The minimum atomic E-state index is -0.286. The molecule has 0 N–H and O–H groups in total. The van der Waals surface area contributed by atoms with E-state index < -0.39 is 0 Å². The number of ether oxygens (including phenoxy) is 5. The highest BCUT2D eigenvalue weighted by Crippen LogP contribution is 2.22. The molecule has 0 aromatic heterocycles. The molecule has 8 nitrogen and oxygen atoms in total. The number of unbranched alkanes of at least 4 members (excludes halogenated alkanes) is 18. The molecular weight excluding hydrogens is 653 g/mol. The number of rotatable bonds is 35. The van der Waals surface area contributed by atoms with Crippen LogP contribution in [0.4, 0.5) is 0 Å². The second kappa shape index (κ2) is 33.5. The third-order valence-corrected chi connectivity index (χ3v) is 10.1. The average molecular weight is 729 g/mol. The van der Waals surface area contributed by atoms with E-state index in [0.717, 1.165) is 50.0 Å². The maximum Gasteiger partial charge on any atom is 0.309 e. The first-order valence-corrected chi connectivity index (χ1v) is 21.7. The van der Waals surface area contributed by atoms with Crippen molar-refractivity contribution in [3.63, 3.8) is 0 Å². The van der Waals surface area contributed by atoms with Crippen molar-refractivity contribution in [1.82, 2.24) is 0 Å². The van der Waals surface area contributed by atoms with E-state index in [1.807, 2.05) is 11.8 Å². The summed E-state index contributed by atoms with van der Waals surface area (Å²) in [5.41, 5.74) is 0. The predicted molar refractivity (Wildman–Crippen MR) is 205 cm³/mol. The zero-order valence-corrected chi connectivity index (χ0v) is 33.5. The van der Waals surface area contributed by atoms with Gasteiger partial charge in [-0.2, -0.15) is 11.8 Å². The molecule has 0 radical (unpaired) electrons. The molecule has 1 heterocycles. The van der Waals surface area contributed by atoms with Crippen molar-refractivity contribution in [1.29, 1.82) is 0 Å². The Labute approximate surface area is 311 Å². The van der Waals surface area contributed by atoms with Crippen molar-refractivity contribution >= 4 is 29.7 Å². The van der Waals surface area contributed by atoms with Crippen molar-refractivity contribution in [3.8, 4) is 0 Å². The lowest BCUT2D eigenvalue weighted by atomic mass is 10.1. The number of esters is 3. The van der Waals surface area contributed by atoms with Gasteiger partial charge in [-0.1, -0.05) is 130 Å². The van der Waals surface area contributed by atoms with Gasteiger partial charge in [0.2, 0.25) is 0 Å². The maximum absolute atomic E-state index is 12.9. The van der Waals surface area contributed by atoms with Gasteiger partial charge in [-0.05, 0) is 43.3 Å². The second-order valence-corrected chi connectivity index (χ2v) is 16.2. The molecule has 1 aliphatic rings. The normalized spacial score (nSPS) is 14.0. The number of carbonyl (C=O) groups excluding carboxylic acids is 3. The lowest BCUT2D eigenvalue weighted by Gasteiger charge is -2.18. The Morgan fingerprint density at radius 2 is 0.960 bits per heavy atom. The summed E-state index contributed by atoms with van der Waals surface area (Å²) in [7, 11) is 0. The fourth-order valence-electron chi connectivity index (χ4n) is 5.86. The molecule has 50 heavy (non-hydrogen) atoms. The summed E-state index contributed by atoms with van der Waals surface area (Å²) in [6.07, 6.45) is 24.8. The van der Waals surface area contributed by atoms with Crippen LogP contribution < -0.4 is 0 Å². The Bertz CT molecular complexity index is 814. The van der Waals surface area contributed by atoms with Gasteiger partial charge < -0.3 is 23.7 Å². The van der Waals surface area contributed by atoms with Crippen LogP contribution in [0.25, 0.3) is 0 Å². The number of hydrogen-bond donors (Lipinski definition) is 0. The highest BCUT2D eigenvalue weighted by Gasteiger charge is 2.27. The fraction of sp³-hybridized carbons (Fsp3) is 0.927. The van der Waals surface area contributed by atoms with Crippen LogP contribution >= 0.6 is 11.8 Å². The van der Waals surface area contributed by atoms with E-state index in [-0.39, 0.29) is 30.1 Å². The summed E-state index contributed by atoms with van der Waals surface area (Å²) in [6.45, 7) is 11.0. The van der Waals surface area contributed by atoms with E-state index in [9.17, 15) is 14.4 Å². The summed E-state index contributed by atoms with van der Waals surface area (Å²) >= 11 is 1.86. The van der Waals surface area contributed by atoms with Crippen molar-refractivity contribution in [3.05, 3.63) is 0 Å². The zero-order valence-electron chi connectivity index (χ0n) is 32.7. The molecule has 0 spiro atoms. The molecule has 0 saturated carbocycles. The van der Waals surface area contributed by atoms with E-state index in [1.165, 1.54) is 89.9 Å². The Balaban J connectivity index is 2.00. The van der Waals surface area contributed by atoms with E-state index in [0.29, 0.717) is 64.1 Å². The summed E-state index contributed by atoms with van der Waals surface area (Å²) < 4.78 is 27.5. The Morgan fingerprint density at radius 1 is 0.560 bits per heavy atom. The molecule has 294 valence electrons. The summed E-state index contributed by atoms with van der Waals surface area (Å²) in [6, 6.07) is 0. The molecule has 0 aliphatic carbocycles. The van der Waals surface area contributed by atoms with Crippen molar-refractivity contribution in [2.45, 2.75) is 182 Å². The summed E-state index contributed by atoms with van der Waals surface area (Å²) in [5.74, 6) is 2.25. The smallest absolute Gasteiger partial charge is 0.309 e. The van der Waals surface area contributed by atoms with E-state index in [4.69, 9.17) is 23.7 Å². The molecule has 0 aromatic carbocycles. The molecule has 1 unspecified atom stereocenters.